The third-order valence-electron chi connectivity index (χ3n) is 2.37. The van der Waals surface area contributed by atoms with E-state index in [4.69, 9.17) is 21.4 Å². The first-order valence-electron chi connectivity index (χ1n) is 5.72. The minimum Gasteiger partial charge on any atom is -0.393 e. The zero-order valence-electron chi connectivity index (χ0n) is 10.5. The fourth-order valence-corrected chi connectivity index (χ4v) is 1.55. The maximum absolute atomic E-state index is 11.8. The predicted molar refractivity (Wildman–Crippen MR) is 70.2 cm³/mol. The Labute approximate surface area is 111 Å². The Kier molecular flexibility index (Phi) is 6.11. The number of ether oxygens (including phenoxy) is 1. The molecule has 1 aromatic rings. The second-order valence-electron chi connectivity index (χ2n) is 3.96. The number of aliphatic hydroxyl groups is 1. The van der Waals surface area contributed by atoms with E-state index in [0.29, 0.717) is 31.8 Å². The van der Waals surface area contributed by atoms with Crippen LogP contribution in [-0.4, -0.2) is 41.3 Å². The molecule has 0 aliphatic heterocycles. The van der Waals surface area contributed by atoms with Gasteiger partial charge in [-0.3, -0.25) is 4.79 Å². The van der Waals surface area contributed by atoms with Gasteiger partial charge in [0.15, 0.2) is 0 Å². The van der Waals surface area contributed by atoms with E-state index in [1.807, 2.05) is 0 Å². The zero-order valence-corrected chi connectivity index (χ0v) is 11.3. The zero-order chi connectivity index (χ0) is 13.5. The highest BCUT2D eigenvalue weighted by Gasteiger charge is 2.08. The summed E-state index contributed by atoms with van der Waals surface area (Å²) in [6.07, 6.45) is 1.68. The van der Waals surface area contributed by atoms with Crippen molar-refractivity contribution in [2.75, 3.05) is 25.6 Å². The van der Waals surface area contributed by atoms with Crippen molar-refractivity contribution in [3.05, 3.63) is 21.6 Å². The highest BCUT2D eigenvalue weighted by atomic mass is 35.5. The van der Waals surface area contributed by atoms with E-state index < -0.39 is 6.10 Å². The number of halogens is 1. The Balaban J connectivity index is 2.71. The van der Waals surface area contributed by atoms with Gasteiger partial charge in [-0.15, -0.1) is 0 Å². The molecule has 0 radical (unpaired) electrons. The number of nitrogens with zero attached hydrogens (tertiary/aromatic N) is 2. The van der Waals surface area contributed by atoms with Gasteiger partial charge in [0.2, 0.25) is 0 Å². The lowest BCUT2D eigenvalue weighted by Crippen LogP contribution is -2.26. The normalized spacial score (nSPS) is 12.4. The Hall–Kier alpha value is -1.11. The van der Waals surface area contributed by atoms with Gasteiger partial charge in [0.05, 0.1) is 31.1 Å². The van der Waals surface area contributed by atoms with Gasteiger partial charge in [0, 0.05) is 13.7 Å². The molecule has 0 fully saturated rings. The maximum atomic E-state index is 11.8. The minimum absolute atomic E-state index is 0.103. The summed E-state index contributed by atoms with van der Waals surface area (Å²) < 4.78 is 6.13. The molecule has 18 heavy (non-hydrogen) atoms. The van der Waals surface area contributed by atoms with Crippen LogP contribution in [-0.2, 0) is 11.3 Å². The molecule has 2 N–H and O–H groups in total. The van der Waals surface area contributed by atoms with Gasteiger partial charge in [-0.05, 0) is 13.3 Å². The Morgan fingerprint density at radius 3 is 3.00 bits per heavy atom. The van der Waals surface area contributed by atoms with Crippen molar-refractivity contribution < 1.29 is 9.84 Å². The average Bonchev–Trinajstić information content (AvgIpc) is 2.33. The number of anilines is 1. The summed E-state index contributed by atoms with van der Waals surface area (Å²) in [5, 5.41) is 16.2. The van der Waals surface area contributed by atoms with Crippen LogP contribution >= 0.6 is 11.6 Å². The Bertz CT molecular complexity index is 434. The van der Waals surface area contributed by atoms with Gasteiger partial charge in [0.1, 0.15) is 5.02 Å². The summed E-state index contributed by atoms with van der Waals surface area (Å²) >= 11 is 5.95. The van der Waals surface area contributed by atoms with Gasteiger partial charge in [-0.25, -0.2) is 4.68 Å². The molecule has 1 heterocycles. The van der Waals surface area contributed by atoms with Crippen LogP contribution in [0.2, 0.25) is 5.02 Å². The van der Waals surface area contributed by atoms with Crippen LogP contribution in [0, 0.1) is 0 Å². The molecule has 0 saturated heterocycles. The molecule has 1 rings (SSSR count). The highest BCUT2D eigenvalue weighted by Crippen LogP contribution is 2.15. The first-order valence-corrected chi connectivity index (χ1v) is 6.10. The van der Waals surface area contributed by atoms with E-state index in [9.17, 15) is 4.79 Å². The number of hydrogen-bond acceptors (Lipinski definition) is 5. The SMILES string of the molecule is COCCn1ncc(NCCC(C)O)c(Cl)c1=O. The second-order valence-corrected chi connectivity index (χ2v) is 4.34. The van der Waals surface area contributed by atoms with E-state index >= 15 is 0 Å². The van der Waals surface area contributed by atoms with Gasteiger partial charge in [-0.2, -0.15) is 5.10 Å². The van der Waals surface area contributed by atoms with Crippen molar-refractivity contribution >= 4 is 17.3 Å². The number of hydrogen-bond donors (Lipinski definition) is 2. The molecule has 7 heteroatoms. The van der Waals surface area contributed by atoms with Crippen molar-refractivity contribution in [2.45, 2.75) is 26.0 Å². The lowest BCUT2D eigenvalue weighted by molar-refractivity contribution is 0.182. The summed E-state index contributed by atoms with van der Waals surface area (Å²) in [4.78, 5) is 11.8. The van der Waals surface area contributed by atoms with Crippen LogP contribution in [0.4, 0.5) is 5.69 Å². The molecule has 1 unspecified atom stereocenters. The van der Waals surface area contributed by atoms with Crippen LogP contribution in [0.3, 0.4) is 0 Å². The molecular formula is C11H18ClN3O3. The summed E-state index contributed by atoms with van der Waals surface area (Å²) in [7, 11) is 1.55. The highest BCUT2D eigenvalue weighted by molar-refractivity contribution is 6.32. The number of nitrogens with one attached hydrogen (secondary N) is 1. The third-order valence-corrected chi connectivity index (χ3v) is 2.73. The molecule has 1 aromatic heterocycles. The van der Waals surface area contributed by atoms with E-state index in [2.05, 4.69) is 10.4 Å². The van der Waals surface area contributed by atoms with Gasteiger partial charge < -0.3 is 15.2 Å². The lowest BCUT2D eigenvalue weighted by Gasteiger charge is -2.10. The molecule has 6 nitrogen and oxygen atoms in total. The largest absolute Gasteiger partial charge is 0.393 e. The van der Waals surface area contributed by atoms with Crippen molar-refractivity contribution in [3.8, 4) is 0 Å². The van der Waals surface area contributed by atoms with Crippen LogP contribution < -0.4 is 10.9 Å². The Morgan fingerprint density at radius 1 is 1.67 bits per heavy atom. The standard InChI is InChI=1S/C11H18ClN3O3/c1-8(16)3-4-13-9-7-14-15(5-6-18-2)11(17)10(9)12/h7-8,13,16H,3-6H2,1-2H3. The molecule has 0 aliphatic rings. The fourth-order valence-electron chi connectivity index (χ4n) is 1.34. The topological polar surface area (TPSA) is 76.4 Å². The van der Waals surface area contributed by atoms with E-state index in [-0.39, 0.29) is 10.6 Å². The quantitative estimate of drug-likeness (QED) is 0.767. The first kappa shape index (κ1) is 14.9. The van der Waals surface area contributed by atoms with E-state index in [1.165, 1.54) is 10.9 Å². The van der Waals surface area contributed by atoms with Crippen molar-refractivity contribution in [3.63, 3.8) is 0 Å². The van der Waals surface area contributed by atoms with E-state index in [1.54, 1.807) is 14.0 Å². The number of aromatic nitrogens is 2. The minimum atomic E-state index is -0.397. The van der Waals surface area contributed by atoms with Gasteiger partial charge in [-0.1, -0.05) is 11.6 Å². The lowest BCUT2D eigenvalue weighted by atomic mass is 10.3. The van der Waals surface area contributed by atoms with Gasteiger partial charge in [0.25, 0.3) is 5.56 Å². The van der Waals surface area contributed by atoms with E-state index in [0.717, 1.165) is 0 Å². The van der Waals surface area contributed by atoms with Crippen molar-refractivity contribution in [1.82, 2.24) is 9.78 Å². The average molecular weight is 276 g/mol. The van der Waals surface area contributed by atoms with Crippen LogP contribution in [0.15, 0.2) is 11.0 Å². The maximum Gasteiger partial charge on any atom is 0.287 e. The number of methoxy groups -OCH3 is 1. The van der Waals surface area contributed by atoms with Crippen LogP contribution in [0.5, 0.6) is 0 Å². The summed E-state index contributed by atoms with van der Waals surface area (Å²) in [6, 6.07) is 0. The summed E-state index contributed by atoms with van der Waals surface area (Å²) in [5.41, 5.74) is 0.131. The first-order chi connectivity index (χ1) is 8.56. The molecule has 0 spiro atoms. The molecular weight excluding hydrogens is 258 g/mol. The van der Waals surface area contributed by atoms with Gasteiger partial charge >= 0.3 is 0 Å². The van der Waals surface area contributed by atoms with Crippen molar-refractivity contribution in [2.24, 2.45) is 0 Å². The molecule has 0 aliphatic carbocycles. The predicted octanol–water partition coefficient (Wildman–Crippen LogP) is 0.726. The van der Waals surface area contributed by atoms with Crippen molar-refractivity contribution in [1.29, 1.82) is 0 Å². The fraction of sp³-hybridized carbons (Fsp3) is 0.636. The second kappa shape index (κ2) is 7.35. The molecule has 1 atom stereocenters. The summed E-state index contributed by atoms with van der Waals surface area (Å²) in [6.45, 7) is 2.99. The molecule has 0 bridgehead atoms. The molecule has 0 amide bonds. The summed E-state index contributed by atoms with van der Waals surface area (Å²) in [5.74, 6) is 0. The van der Waals surface area contributed by atoms with Crippen LogP contribution in [0.25, 0.3) is 0 Å². The molecule has 0 aromatic carbocycles. The third kappa shape index (κ3) is 4.29. The van der Waals surface area contributed by atoms with Crippen LogP contribution in [0.1, 0.15) is 13.3 Å². The Morgan fingerprint density at radius 2 is 2.39 bits per heavy atom. The number of aliphatic hydroxyl groups excluding tert-OH is 1. The number of rotatable bonds is 7. The monoisotopic (exact) mass is 275 g/mol. The molecule has 0 saturated carbocycles. The molecule has 102 valence electrons. The smallest absolute Gasteiger partial charge is 0.287 e.